The molecule has 3 nitrogen and oxygen atoms in total. The average Bonchev–Trinajstić information content (AvgIpc) is 2.88. The first-order valence-electron chi connectivity index (χ1n) is 8.66. The second kappa shape index (κ2) is 5.57. The van der Waals surface area contributed by atoms with Crippen LogP contribution >= 0.6 is 0 Å². The number of hydrogen-bond acceptors (Lipinski definition) is 2. The van der Waals surface area contributed by atoms with Crippen LogP contribution in [-0.4, -0.2) is 17.2 Å². The van der Waals surface area contributed by atoms with E-state index >= 15 is 0 Å². The highest BCUT2D eigenvalue weighted by molar-refractivity contribution is 6.11. The van der Waals surface area contributed by atoms with Crippen molar-refractivity contribution in [3.8, 4) is 0 Å². The van der Waals surface area contributed by atoms with Gasteiger partial charge in [-0.2, -0.15) is 0 Å². The molecule has 1 aromatic heterocycles. The summed E-state index contributed by atoms with van der Waals surface area (Å²) in [6.45, 7) is 8.26. The van der Waals surface area contributed by atoms with E-state index in [0.717, 1.165) is 19.6 Å². The Kier molecular flexibility index (Phi) is 3.53. The maximum absolute atomic E-state index is 6.13. The monoisotopic (exact) mass is 308 g/mol. The lowest BCUT2D eigenvalue weighted by Crippen LogP contribution is -2.26. The van der Waals surface area contributed by atoms with E-state index < -0.39 is 0 Å². The Morgan fingerprint density at radius 1 is 1.13 bits per heavy atom. The van der Waals surface area contributed by atoms with Crippen LogP contribution in [0.1, 0.15) is 38.9 Å². The van der Waals surface area contributed by atoms with Gasteiger partial charge in [0.05, 0.1) is 6.10 Å². The molecule has 1 N–H and O–H groups in total. The van der Waals surface area contributed by atoms with Gasteiger partial charge in [0.15, 0.2) is 0 Å². The molecule has 0 bridgehead atoms. The molecule has 0 saturated heterocycles. The van der Waals surface area contributed by atoms with E-state index in [4.69, 9.17) is 4.74 Å². The molecule has 0 fully saturated rings. The number of fused-ring (bicyclic) bond motifs is 5. The first-order chi connectivity index (χ1) is 11.2. The third-order valence-corrected chi connectivity index (χ3v) is 4.95. The second-order valence-electron chi connectivity index (χ2n) is 6.41. The number of aromatic nitrogens is 1. The van der Waals surface area contributed by atoms with Gasteiger partial charge in [0.1, 0.15) is 0 Å². The fraction of sp³-hybridized carbons (Fsp3) is 0.400. The fourth-order valence-corrected chi connectivity index (χ4v) is 4.08. The summed E-state index contributed by atoms with van der Waals surface area (Å²) in [5.41, 5.74) is 5.19. The molecule has 0 saturated carbocycles. The summed E-state index contributed by atoms with van der Waals surface area (Å²) < 4.78 is 8.54. The molecule has 3 aromatic rings. The van der Waals surface area contributed by atoms with Crippen molar-refractivity contribution in [2.75, 3.05) is 11.9 Å². The minimum atomic E-state index is 0.172. The molecule has 23 heavy (non-hydrogen) atoms. The molecule has 0 radical (unpaired) electrons. The molecule has 1 unspecified atom stereocenters. The molecule has 2 aromatic carbocycles. The molecule has 0 spiro atoms. The van der Waals surface area contributed by atoms with Crippen LogP contribution in [0.4, 0.5) is 5.69 Å². The van der Waals surface area contributed by atoms with Crippen molar-refractivity contribution in [2.45, 2.75) is 45.9 Å². The number of hydrogen-bond donors (Lipinski definition) is 1. The summed E-state index contributed by atoms with van der Waals surface area (Å²) in [6, 6.07) is 13.6. The quantitative estimate of drug-likeness (QED) is 0.729. The van der Waals surface area contributed by atoms with Gasteiger partial charge in [-0.05, 0) is 45.4 Å². The van der Waals surface area contributed by atoms with E-state index in [0.29, 0.717) is 6.04 Å². The predicted molar refractivity (Wildman–Crippen MR) is 97.2 cm³/mol. The summed E-state index contributed by atoms with van der Waals surface area (Å²) in [6.07, 6.45) is 1.19. The van der Waals surface area contributed by atoms with Crippen LogP contribution in [-0.2, 0) is 11.3 Å². The summed E-state index contributed by atoms with van der Waals surface area (Å²) >= 11 is 0. The van der Waals surface area contributed by atoms with Gasteiger partial charge >= 0.3 is 0 Å². The molecule has 120 valence electrons. The molecule has 2 atom stereocenters. The van der Waals surface area contributed by atoms with Crippen LogP contribution < -0.4 is 5.32 Å². The summed E-state index contributed by atoms with van der Waals surface area (Å²) in [7, 11) is 0. The van der Waals surface area contributed by atoms with Crippen molar-refractivity contribution in [3.05, 3.63) is 42.0 Å². The van der Waals surface area contributed by atoms with Crippen molar-refractivity contribution in [1.29, 1.82) is 0 Å². The van der Waals surface area contributed by atoms with Gasteiger partial charge in [0.2, 0.25) is 0 Å². The van der Waals surface area contributed by atoms with E-state index in [2.05, 4.69) is 67.1 Å². The molecule has 0 amide bonds. The number of para-hydroxylation sites is 1. The lowest BCUT2D eigenvalue weighted by molar-refractivity contribution is 0.0523. The van der Waals surface area contributed by atoms with Crippen molar-refractivity contribution in [1.82, 2.24) is 4.57 Å². The van der Waals surface area contributed by atoms with E-state index in [1.54, 1.807) is 0 Å². The Labute approximate surface area is 137 Å². The predicted octanol–water partition coefficient (Wildman–Crippen LogP) is 5.10. The van der Waals surface area contributed by atoms with E-state index in [-0.39, 0.29) is 6.10 Å². The molecule has 1 aliphatic heterocycles. The Hall–Kier alpha value is -2.00. The first kappa shape index (κ1) is 14.6. The van der Waals surface area contributed by atoms with Crippen LogP contribution in [0, 0.1) is 0 Å². The average molecular weight is 308 g/mol. The minimum absolute atomic E-state index is 0.172. The van der Waals surface area contributed by atoms with Crippen molar-refractivity contribution in [3.63, 3.8) is 0 Å². The van der Waals surface area contributed by atoms with Gasteiger partial charge in [-0.15, -0.1) is 0 Å². The lowest BCUT2D eigenvalue weighted by Gasteiger charge is -2.32. The number of anilines is 1. The van der Waals surface area contributed by atoms with E-state index in [1.807, 2.05) is 0 Å². The molecular weight excluding hydrogens is 284 g/mol. The highest BCUT2D eigenvalue weighted by atomic mass is 16.5. The SMILES string of the molecule is CCO[C@@H]1CC(C)Nc2ccc3c(c21)c1ccccc1n3CC. The molecule has 0 aliphatic carbocycles. The Balaban J connectivity index is 2.10. The van der Waals surface area contributed by atoms with E-state index in [9.17, 15) is 0 Å². The van der Waals surface area contributed by atoms with Gasteiger partial charge < -0.3 is 14.6 Å². The number of benzene rings is 2. The van der Waals surface area contributed by atoms with Gasteiger partial charge in [0.25, 0.3) is 0 Å². The molecule has 3 heteroatoms. The van der Waals surface area contributed by atoms with Crippen LogP contribution in [0.5, 0.6) is 0 Å². The number of nitrogens with one attached hydrogen (secondary N) is 1. The smallest absolute Gasteiger partial charge is 0.0871 e. The van der Waals surface area contributed by atoms with Crippen molar-refractivity contribution in [2.24, 2.45) is 0 Å². The van der Waals surface area contributed by atoms with Crippen LogP contribution in [0.25, 0.3) is 21.8 Å². The zero-order chi connectivity index (χ0) is 16.0. The minimum Gasteiger partial charge on any atom is -0.382 e. The van der Waals surface area contributed by atoms with Crippen LogP contribution in [0.2, 0.25) is 0 Å². The third kappa shape index (κ3) is 2.14. The largest absolute Gasteiger partial charge is 0.382 e. The van der Waals surface area contributed by atoms with Gasteiger partial charge in [-0.25, -0.2) is 0 Å². The topological polar surface area (TPSA) is 26.2 Å². The fourth-order valence-electron chi connectivity index (χ4n) is 4.08. The molecule has 1 aliphatic rings. The van der Waals surface area contributed by atoms with Gasteiger partial charge in [0, 0.05) is 52.3 Å². The Morgan fingerprint density at radius 2 is 1.96 bits per heavy atom. The number of aryl methyl sites for hydroxylation is 1. The summed E-state index contributed by atoms with van der Waals surface area (Å²) in [5, 5.41) is 6.34. The van der Waals surface area contributed by atoms with Crippen molar-refractivity contribution < 1.29 is 4.74 Å². The molecular formula is C20H24N2O. The highest BCUT2D eigenvalue weighted by Crippen LogP contribution is 2.43. The lowest BCUT2D eigenvalue weighted by atomic mass is 9.92. The number of rotatable bonds is 3. The maximum atomic E-state index is 6.13. The van der Waals surface area contributed by atoms with Crippen molar-refractivity contribution >= 4 is 27.5 Å². The summed E-state index contributed by atoms with van der Waals surface area (Å²) in [4.78, 5) is 0. The second-order valence-corrected chi connectivity index (χ2v) is 6.41. The number of ether oxygens (including phenoxy) is 1. The maximum Gasteiger partial charge on any atom is 0.0871 e. The number of nitrogens with zero attached hydrogens (tertiary/aromatic N) is 1. The normalized spacial score (nSPS) is 20.7. The molecule has 2 heterocycles. The van der Waals surface area contributed by atoms with Gasteiger partial charge in [-0.1, -0.05) is 18.2 Å². The Bertz CT molecular complexity index is 865. The van der Waals surface area contributed by atoms with Crippen LogP contribution in [0.3, 0.4) is 0 Å². The zero-order valence-corrected chi connectivity index (χ0v) is 14.1. The molecule has 4 rings (SSSR count). The van der Waals surface area contributed by atoms with Gasteiger partial charge in [-0.3, -0.25) is 0 Å². The first-order valence-corrected chi connectivity index (χ1v) is 8.66. The Morgan fingerprint density at radius 3 is 2.74 bits per heavy atom. The zero-order valence-electron chi connectivity index (χ0n) is 14.1. The van der Waals surface area contributed by atoms with E-state index in [1.165, 1.54) is 33.1 Å². The third-order valence-electron chi connectivity index (χ3n) is 4.95. The standard InChI is InChI=1S/C20H24N2O/c1-4-22-16-9-7-6-8-14(16)19-17(22)11-10-15-20(19)18(23-5-2)12-13(3)21-15/h6-11,13,18,21H,4-5,12H2,1-3H3/t13?,18-/m1/s1. The van der Waals surface area contributed by atoms with Crippen LogP contribution in [0.15, 0.2) is 36.4 Å². The summed E-state index contributed by atoms with van der Waals surface area (Å²) in [5.74, 6) is 0. The highest BCUT2D eigenvalue weighted by Gasteiger charge is 2.28.